The standard InChI is InChI=1S/C21H21N3O4S/c1-29-18-7-5-16(6-8-18)24-13-14(11-19(24)25)20(26)22-15-3-2-4-17(12-15)23-9-10-28-21(23)27/h2-8,12,14H,9-11,13H2,1H3,(H,22,26). The Morgan fingerprint density at radius 1 is 1.10 bits per heavy atom. The van der Waals surface area contributed by atoms with Gasteiger partial charge in [0, 0.05) is 34.9 Å². The van der Waals surface area contributed by atoms with E-state index in [1.165, 1.54) is 4.90 Å². The van der Waals surface area contributed by atoms with Crippen molar-refractivity contribution < 1.29 is 19.1 Å². The summed E-state index contributed by atoms with van der Waals surface area (Å²) in [6.45, 7) is 1.19. The second-order valence-electron chi connectivity index (χ2n) is 6.91. The number of carbonyl (C=O) groups is 3. The highest BCUT2D eigenvalue weighted by Crippen LogP contribution is 2.28. The summed E-state index contributed by atoms with van der Waals surface area (Å²) in [6.07, 6.45) is 1.78. The Morgan fingerprint density at radius 2 is 1.90 bits per heavy atom. The summed E-state index contributed by atoms with van der Waals surface area (Å²) in [5.41, 5.74) is 2.06. The van der Waals surface area contributed by atoms with Crippen molar-refractivity contribution in [3.8, 4) is 0 Å². The van der Waals surface area contributed by atoms with Crippen molar-refractivity contribution in [3.63, 3.8) is 0 Å². The first-order chi connectivity index (χ1) is 14.0. The lowest BCUT2D eigenvalue weighted by Crippen LogP contribution is -2.28. The van der Waals surface area contributed by atoms with Crippen molar-refractivity contribution in [2.45, 2.75) is 11.3 Å². The van der Waals surface area contributed by atoms with Gasteiger partial charge in [-0.15, -0.1) is 11.8 Å². The fourth-order valence-corrected chi connectivity index (χ4v) is 3.93. The highest BCUT2D eigenvalue weighted by atomic mass is 32.2. The molecule has 2 aliphatic heterocycles. The molecule has 4 rings (SSSR count). The van der Waals surface area contributed by atoms with E-state index in [9.17, 15) is 14.4 Å². The molecule has 7 nitrogen and oxygen atoms in total. The summed E-state index contributed by atoms with van der Waals surface area (Å²) in [4.78, 5) is 41.2. The largest absolute Gasteiger partial charge is 0.447 e. The Morgan fingerprint density at radius 3 is 2.59 bits per heavy atom. The molecule has 2 aromatic carbocycles. The van der Waals surface area contributed by atoms with Crippen LogP contribution in [0.2, 0.25) is 0 Å². The predicted molar refractivity (Wildman–Crippen MR) is 112 cm³/mol. The van der Waals surface area contributed by atoms with Crippen molar-refractivity contribution in [1.29, 1.82) is 0 Å². The number of ether oxygens (including phenoxy) is 1. The van der Waals surface area contributed by atoms with Gasteiger partial charge < -0.3 is 15.0 Å². The normalized spacial score (nSPS) is 18.9. The van der Waals surface area contributed by atoms with E-state index in [-0.39, 0.29) is 18.2 Å². The molecule has 3 amide bonds. The lowest BCUT2D eigenvalue weighted by atomic mass is 10.1. The van der Waals surface area contributed by atoms with Crippen molar-refractivity contribution in [1.82, 2.24) is 0 Å². The summed E-state index contributed by atoms with van der Waals surface area (Å²) < 4.78 is 4.96. The molecule has 0 aromatic heterocycles. The van der Waals surface area contributed by atoms with E-state index >= 15 is 0 Å². The fraction of sp³-hybridized carbons (Fsp3) is 0.286. The third kappa shape index (κ3) is 4.07. The van der Waals surface area contributed by atoms with Gasteiger partial charge in [0.05, 0.1) is 12.5 Å². The number of thioether (sulfide) groups is 1. The average Bonchev–Trinajstić information content (AvgIpc) is 3.34. The van der Waals surface area contributed by atoms with Gasteiger partial charge in [-0.25, -0.2) is 4.79 Å². The lowest BCUT2D eigenvalue weighted by Gasteiger charge is -2.17. The Labute approximate surface area is 173 Å². The smallest absolute Gasteiger partial charge is 0.414 e. The maximum atomic E-state index is 12.7. The molecular formula is C21H21N3O4S. The third-order valence-corrected chi connectivity index (χ3v) is 5.81. The topological polar surface area (TPSA) is 79.0 Å². The minimum absolute atomic E-state index is 0.0596. The number of carbonyl (C=O) groups excluding carboxylic acids is 3. The van der Waals surface area contributed by atoms with E-state index in [2.05, 4.69) is 5.32 Å². The van der Waals surface area contributed by atoms with Crippen molar-refractivity contribution in [2.75, 3.05) is 41.1 Å². The molecule has 0 saturated carbocycles. The fourth-order valence-electron chi connectivity index (χ4n) is 3.52. The highest BCUT2D eigenvalue weighted by Gasteiger charge is 2.35. The van der Waals surface area contributed by atoms with Crippen LogP contribution in [0.1, 0.15) is 6.42 Å². The van der Waals surface area contributed by atoms with Gasteiger partial charge >= 0.3 is 6.09 Å². The molecule has 2 fully saturated rings. The van der Waals surface area contributed by atoms with Crippen LogP contribution in [0.3, 0.4) is 0 Å². The summed E-state index contributed by atoms with van der Waals surface area (Å²) >= 11 is 1.64. The van der Waals surface area contributed by atoms with Gasteiger partial charge in [0.25, 0.3) is 0 Å². The second-order valence-corrected chi connectivity index (χ2v) is 7.79. The van der Waals surface area contributed by atoms with Crippen LogP contribution in [-0.2, 0) is 14.3 Å². The van der Waals surface area contributed by atoms with Gasteiger partial charge in [0.15, 0.2) is 0 Å². The van der Waals surface area contributed by atoms with Gasteiger partial charge in [-0.3, -0.25) is 14.5 Å². The summed E-state index contributed by atoms with van der Waals surface area (Å²) in [5, 5.41) is 2.87. The summed E-state index contributed by atoms with van der Waals surface area (Å²) in [7, 11) is 0. The van der Waals surface area contributed by atoms with E-state index in [0.717, 1.165) is 10.6 Å². The highest BCUT2D eigenvalue weighted by molar-refractivity contribution is 7.98. The Kier molecular flexibility index (Phi) is 5.44. The molecule has 2 aliphatic rings. The van der Waals surface area contributed by atoms with Crippen LogP contribution in [0.15, 0.2) is 53.4 Å². The molecule has 1 atom stereocenters. The molecule has 1 unspecified atom stereocenters. The molecule has 0 bridgehead atoms. The quantitative estimate of drug-likeness (QED) is 0.764. The van der Waals surface area contributed by atoms with Gasteiger partial charge in [-0.2, -0.15) is 0 Å². The first-order valence-electron chi connectivity index (χ1n) is 9.35. The van der Waals surface area contributed by atoms with Crippen molar-refractivity contribution in [3.05, 3.63) is 48.5 Å². The lowest BCUT2D eigenvalue weighted by molar-refractivity contribution is -0.122. The number of rotatable bonds is 5. The van der Waals surface area contributed by atoms with Crippen molar-refractivity contribution >= 4 is 46.7 Å². The molecule has 2 saturated heterocycles. The zero-order valence-electron chi connectivity index (χ0n) is 16.0. The molecule has 0 spiro atoms. The number of hydrogen-bond donors (Lipinski definition) is 1. The number of nitrogens with one attached hydrogen (secondary N) is 1. The van der Waals surface area contributed by atoms with E-state index in [4.69, 9.17) is 4.74 Å². The SMILES string of the molecule is CSc1ccc(N2CC(C(=O)Nc3cccc(N4CCOC4=O)c3)CC2=O)cc1. The second kappa shape index (κ2) is 8.16. The Hall–Kier alpha value is -3.00. The number of hydrogen-bond acceptors (Lipinski definition) is 5. The van der Waals surface area contributed by atoms with Gasteiger partial charge in [0.2, 0.25) is 11.8 Å². The van der Waals surface area contributed by atoms with Crippen LogP contribution in [0.4, 0.5) is 21.9 Å². The first-order valence-corrected chi connectivity index (χ1v) is 10.6. The van der Waals surface area contributed by atoms with Crippen molar-refractivity contribution in [2.24, 2.45) is 5.92 Å². The van der Waals surface area contributed by atoms with Crippen LogP contribution in [0, 0.1) is 5.92 Å². The Balaban J connectivity index is 1.42. The van der Waals surface area contributed by atoms with Crippen LogP contribution in [0.25, 0.3) is 0 Å². The number of anilines is 3. The number of cyclic esters (lactones) is 1. The maximum absolute atomic E-state index is 12.7. The van der Waals surface area contributed by atoms with Gasteiger partial charge in [-0.05, 0) is 48.7 Å². The van der Waals surface area contributed by atoms with E-state index < -0.39 is 12.0 Å². The molecule has 8 heteroatoms. The maximum Gasteiger partial charge on any atom is 0.414 e. The van der Waals surface area contributed by atoms with E-state index in [0.29, 0.717) is 31.1 Å². The van der Waals surface area contributed by atoms with Crippen LogP contribution in [-0.4, -0.2) is 43.9 Å². The summed E-state index contributed by atoms with van der Waals surface area (Å²) in [5.74, 6) is -0.693. The van der Waals surface area contributed by atoms with Crippen LogP contribution >= 0.6 is 11.8 Å². The summed E-state index contributed by atoms with van der Waals surface area (Å²) in [6, 6.07) is 14.8. The molecule has 150 valence electrons. The van der Waals surface area contributed by atoms with Crippen LogP contribution in [0.5, 0.6) is 0 Å². The Bertz CT molecular complexity index is 947. The molecule has 2 heterocycles. The van der Waals surface area contributed by atoms with Gasteiger partial charge in [-0.1, -0.05) is 6.07 Å². The monoisotopic (exact) mass is 411 g/mol. The number of nitrogens with zero attached hydrogens (tertiary/aromatic N) is 2. The zero-order valence-corrected chi connectivity index (χ0v) is 16.8. The molecule has 0 radical (unpaired) electrons. The number of benzene rings is 2. The third-order valence-electron chi connectivity index (χ3n) is 5.07. The van der Waals surface area contributed by atoms with E-state index in [1.807, 2.05) is 30.5 Å². The van der Waals surface area contributed by atoms with Crippen LogP contribution < -0.4 is 15.1 Å². The minimum atomic E-state index is -0.428. The molecule has 0 aliphatic carbocycles. The first kappa shape index (κ1) is 19.3. The predicted octanol–water partition coefficient (Wildman–Crippen LogP) is 3.36. The number of amides is 3. The molecule has 29 heavy (non-hydrogen) atoms. The minimum Gasteiger partial charge on any atom is -0.447 e. The molecule has 1 N–H and O–H groups in total. The average molecular weight is 411 g/mol. The van der Waals surface area contributed by atoms with Gasteiger partial charge in [0.1, 0.15) is 6.61 Å². The zero-order chi connectivity index (χ0) is 20.4. The molecule has 2 aromatic rings. The molecular weight excluding hydrogens is 390 g/mol. The van der Waals surface area contributed by atoms with E-state index in [1.54, 1.807) is 40.9 Å².